The third kappa shape index (κ3) is 4.49. The summed E-state index contributed by atoms with van der Waals surface area (Å²) in [6, 6.07) is 14.4. The minimum absolute atomic E-state index is 0.0277. The Morgan fingerprint density at radius 1 is 1.08 bits per heavy atom. The number of benzene rings is 2. The van der Waals surface area contributed by atoms with Crippen LogP contribution in [0.4, 0.5) is 11.4 Å². The summed E-state index contributed by atoms with van der Waals surface area (Å²) in [7, 11) is 0.246. The zero-order valence-corrected chi connectivity index (χ0v) is 23.6. The highest BCUT2D eigenvalue weighted by atomic mass is 32.2. The van der Waals surface area contributed by atoms with E-state index in [-0.39, 0.29) is 28.1 Å². The maximum Gasteiger partial charge on any atom is 0.308 e. The van der Waals surface area contributed by atoms with Gasteiger partial charge < -0.3 is 10.2 Å². The zero-order valence-electron chi connectivity index (χ0n) is 21.2. The zero-order chi connectivity index (χ0) is 26.8. The predicted molar refractivity (Wildman–Crippen MR) is 152 cm³/mol. The number of thioether (sulfide) groups is 1. The molecule has 2 aromatic carbocycles. The van der Waals surface area contributed by atoms with Crippen molar-refractivity contribution < 1.29 is 13.2 Å². The van der Waals surface area contributed by atoms with Gasteiger partial charge in [0.25, 0.3) is 0 Å². The number of thiazole rings is 1. The number of aromatic nitrogens is 1. The fraction of sp³-hybridized carbons (Fsp3) is 0.407. The van der Waals surface area contributed by atoms with Crippen molar-refractivity contribution in [2.75, 3.05) is 24.3 Å². The number of hydrogen-bond donors (Lipinski definition) is 2. The summed E-state index contributed by atoms with van der Waals surface area (Å²) in [5.74, 6) is 1.67. The number of nitrogens with one attached hydrogen (secondary N) is 1. The molecule has 1 aromatic heterocycles. The summed E-state index contributed by atoms with van der Waals surface area (Å²) >= 11 is 3.08. The quantitative estimate of drug-likeness (QED) is 0.465. The van der Waals surface area contributed by atoms with Crippen LogP contribution in [0.1, 0.15) is 35.6 Å². The summed E-state index contributed by atoms with van der Waals surface area (Å²) < 4.78 is 24.6. The third-order valence-electron chi connectivity index (χ3n) is 8.23. The maximum atomic E-state index is 13.3. The Labute approximate surface area is 230 Å². The average molecular weight is 571 g/mol. The van der Waals surface area contributed by atoms with E-state index in [0.717, 1.165) is 15.6 Å². The molecule has 2 saturated carbocycles. The fourth-order valence-corrected chi connectivity index (χ4v) is 10.2. The van der Waals surface area contributed by atoms with Crippen LogP contribution < -0.4 is 20.2 Å². The van der Waals surface area contributed by atoms with Crippen molar-refractivity contribution in [3.63, 3.8) is 0 Å². The van der Waals surface area contributed by atoms with Gasteiger partial charge >= 0.3 is 4.87 Å². The van der Waals surface area contributed by atoms with Crippen LogP contribution in [0.5, 0.6) is 0 Å². The standard InChI is InChI=1S/C27H30N4O4S3/c1-30(2)19-9-5-15(6-10-19)22-23-16-3-4-17(13-16)24(23)36-26-25(22)37-27(33)31(26)14-21(32)29-18-7-11-20(12-8-18)38(28,34)35/h5-12,16-17,22-24H,3-4,13-14H2,1-2H3,(H,29,32)(H2,28,34,35)/t16?,17?,22-,23?,24?/m1/s1. The van der Waals surface area contributed by atoms with Gasteiger partial charge in [-0.25, -0.2) is 13.6 Å². The van der Waals surface area contributed by atoms with Crippen molar-refractivity contribution in [3.8, 4) is 0 Å². The van der Waals surface area contributed by atoms with Crippen LogP contribution in [0.2, 0.25) is 0 Å². The van der Waals surface area contributed by atoms with Gasteiger partial charge in [0.05, 0.1) is 9.92 Å². The minimum atomic E-state index is -3.81. The lowest BCUT2D eigenvalue weighted by molar-refractivity contribution is -0.116. The number of nitrogens with zero attached hydrogens (tertiary/aromatic N) is 2. The van der Waals surface area contributed by atoms with Gasteiger partial charge in [0, 0.05) is 41.5 Å². The fourth-order valence-electron chi connectivity index (χ4n) is 6.51. The molecule has 2 bridgehead atoms. The van der Waals surface area contributed by atoms with Crippen LogP contribution >= 0.6 is 23.1 Å². The number of carbonyl (C=O) groups is 1. The Morgan fingerprint density at radius 3 is 2.42 bits per heavy atom. The van der Waals surface area contributed by atoms with Crippen LogP contribution in [0.3, 0.4) is 0 Å². The molecule has 0 saturated heterocycles. The monoisotopic (exact) mass is 570 g/mol. The highest BCUT2D eigenvalue weighted by molar-refractivity contribution is 8.00. The molecular weight excluding hydrogens is 541 g/mol. The Balaban J connectivity index is 1.31. The summed E-state index contributed by atoms with van der Waals surface area (Å²) in [6.45, 7) is -0.0909. The lowest BCUT2D eigenvalue weighted by Gasteiger charge is -2.40. The van der Waals surface area contributed by atoms with E-state index in [1.807, 2.05) is 14.1 Å². The molecule has 6 rings (SSSR count). The van der Waals surface area contributed by atoms with Gasteiger partial charge in [0.15, 0.2) is 0 Å². The predicted octanol–water partition coefficient (Wildman–Crippen LogP) is 3.91. The SMILES string of the molecule is CN(C)c1ccc([C@H]2c3sc(=O)n(CC(=O)Nc4ccc(S(N)(=O)=O)cc4)c3SC3C4CCC(C4)C32)cc1. The molecule has 4 unspecified atom stereocenters. The van der Waals surface area contributed by atoms with Gasteiger partial charge in [-0.15, -0.1) is 11.8 Å². The number of carbonyl (C=O) groups excluding carboxylic acids is 1. The van der Waals surface area contributed by atoms with Gasteiger partial charge in [-0.05, 0) is 79.0 Å². The molecular formula is C27H30N4O4S3. The van der Waals surface area contributed by atoms with E-state index >= 15 is 0 Å². The van der Waals surface area contributed by atoms with Gasteiger partial charge in [0.1, 0.15) is 6.54 Å². The molecule has 2 aliphatic carbocycles. The number of anilines is 2. The first-order chi connectivity index (χ1) is 18.1. The van der Waals surface area contributed by atoms with Crippen LogP contribution in [0.25, 0.3) is 0 Å². The van der Waals surface area contributed by atoms with Crippen LogP contribution in [0.15, 0.2) is 63.2 Å². The van der Waals surface area contributed by atoms with E-state index in [9.17, 15) is 18.0 Å². The molecule has 0 spiro atoms. The Morgan fingerprint density at radius 2 is 1.76 bits per heavy atom. The van der Waals surface area contributed by atoms with Crippen LogP contribution in [0, 0.1) is 17.8 Å². The first-order valence-electron chi connectivity index (χ1n) is 12.7. The molecule has 3 aromatic rings. The topological polar surface area (TPSA) is 114 Å². The number of primary sulfonamides is 1. The lowest BCUT2D eigenvalue weighted by Crippen LogP contribution is -2.34. The lowest BCUT2D eigenvalue weighted by atomic mass is 9.75. The van der Waals surface area contributed by atoms with Crippen molar-refractivity contribution >= 4 is 50.4 Å². The maximum absolute atomic E-state index is 13.3. The number of fused-ring (bicyclic) bond motifs is 6. The molecule has 2 fully saturated rings. The molecule has 3 N–H and O–H groups in total. The number of nitrogens with two attached hydrogens (primary N) is 1. The van der Waals surface area contributed by atoms with Gasteiger partial charge in [0.2, 0.25) is 15.9 Å². The van der Waals surface area contributed by atoms with Gasteiger partial charge in [-0.2, -0.15) is 0 Å². The van der Waals surface area contributed by atoms with E-state index in [1.54, 1.807) is 16.3 Å². The Bertz CT molecular complexity index is 1540. The molecule has 1 aliphatic heterocycles. The van der Waals surface area contributed by atoms with E-state index in [0.29, 0.717) is 28.7 Å². The normalized spacial score (nSPS) is 25.6. The molecule has 1 amide bonds. The Kier molecular flexibility index (Phi) is 6.45. The Hall–Kier alpha value is -2.60. The molecule has 8 nitrogen and oxygen atoms in total. The van der Waals surface area contributed by atoms with Crippen molar-refractivity contribution in [2.24, 2.45) is 22.9 Å². The molecule has 11 heteroatoms. The number of rotatable bonds is 6. The minimum Gasteiger partial charge on any atom is -0.378 e. The van der Waals surface area contributed by atoms with E-state index in [1.165, 1.54) is 60.4 Å². The van der Waals surface area contributed by atoms with E-state index < -0.39 is 10.0 Å². The summed E-state index contributed by atoms with van der Waals surface area (Å²) in [4.78, 5) is 29.3. The molecule has 5 atom stereocenters. The second-order valence-electron chi connectivity index (χ2n) is 10.7. The highest BCUT2D eigenvalue weighted by Gasteiger charge is 2.55. The number of sulfonamides is 1. The number of hydrogen-bond acceptors (Lipinski definition) is 7. The van der Waals surface area contributed by atoms with E-state index in [2.05, 4.69) is 34.5 Å². The third-order valence-corrected chi connectivity index (χ3v) is 12.0. The van der Waals surface area contributed by atoms with Crippen molar-refractivity contribution in [1.29, 1.82) is 0 Å². The van der Waals surface area contributed by atoms with Crippen molar-refractivity contribution in [2.45, 2.75) is 46.9 Å². The second-order valence-corrected chi connectivity index (χ2v) is 14.4. The first-order valence-corrected chi connectivity index (χ1v) is 15.9. The van der Waals surface area contributed by atoms with E-state index in [4.69, 9.17) is 5.14 Å². The van der Waals surface area contributed by atoms with Crippen molar-refractivity contribution in [3.05, 3.63) is 68.6 Å². The summed E-state index contributed by atoms with van der Waals surface area (Å²) in [5.41, 5.74) is 2.83. The first kappa shape index (κ1) is 25.7. The molecule has 200 valence electrons. The largest absolute Gasteiger partial charge is 0.378 e. The second kappa shape index (κ2) is 9.55. The molecule has 0 radical (unpaired) electrons. The molecule has 2 heterocycles. The molecule has 38 heavy (non-hydrogen) atoms. The smallest absolute Gasteiger partial charge is 0.308 e. The van der Waals surface area contributed by atoms with Crippen molar-refractivity contribution in [1.82, 2.24) is 4.57 Å². The highest BCUT2D eigenvalue weighted by Crippen LogP contribution is 2.64. The van der Waals surface area contributed by atoms with Gasteiger partial charge in [-0.3, -0.25) is 14.2 Å². The average Bonchev–Trinajstić information content (AvgIpc) is 3.57. The van der Waals surface area contributed by atoms with Gasteiger partial charge in [-0.1, -0.05) is 23.5 Å². The summed E-state index contributed by atoms with van der Waals surface area (Å²) in [6.07, 6.45) is 3.75. The van der Waals surface area contributed by atoms with Crippen LogP contribution in [-0.4, -0.2) is 38.2 Å². The van der Waals surface area contributed by atoms with Crippen LogP contribution in [-0.2, 0) is 21.4 Å². The summed E-state index contributed by atoms with van der Waals surface area (Å²) in [5, 5.41) is 9.32. The molecule has 3 aliphatic rings. The number of amides is 1.